The lowest BCUT2D eigenvalue weighted by molar-refractivity contribution is -0.392. The van der Waals surface area contributed by atoms with Gasteiger partial charge < -0.3 is 34.3 Å². The Morgan fingerprint density at radius 3 is 2.02 bits per heavy atom. The highest BCUT2D eigenvalue weighted by Crippen LogP contribution is 2.40. The molecule has 0 radical (unpaired) electrons. The number of aryl methyl sites for hydroxylation is 1. The molecular weight excluding hydrogens is 576 g/mol. The van der Waals surface area contributed by atoms with Crippen molar-refractivity contribution < 1.29 is 46.9 Å². The van der Waals surface area contributed by atoms with E-state index in [2.05, 4.69) is 0 Å². The van der Waals surface area contributed by atoms with E-state index in [1.807, 2.05) is 55.5 Å². The fraction of sp³-hybridized carbons (Fsp3) is 0.438. The van der Waals surface area contributed by atoms with Crippen LogP contribution in [0.2, 0.25) is 0 Å². The van der Waals surface area contributed by atoms with Crippen LogP contribution < -0.4 is 0 Å². The molecule has 0 bridgehead atoms. The van der Waals surface area contributed by atoms with Crippen molar-refractivity contribution in [1.82, 2.24) is 0 Å². The van der Waals surface area contributed by atoms with Crippen molar-refractivity contribution in [3.8, 4) is 0 Å². The molecule has 0 amide bonds. The van der Waals surface area contributed by atoms with Gasteiger partial charge in [0.05, 0.1) is 37.4 Å². The van der Waals surface area contributed by atoms with Crippen LogP contribution >= 0.6 is 0 Å². The third-order valence-corrected chi connectivity index (χ3v) is 8.49. The normalized spacial score (nSPS) is 26.1. The van der Waals surface area contributed by atoms with Gasteiger partial charge in [-0.15, -0.1) is 0 Å². The first-order chi connectivity index (χ1) is 20.5. The standard InChI is InChI=1S/C32H40O10S/c1-23(2)41-30-32(35,22-40-43(36,37)27-16-14-24(3)15-17-27)29(39-19-26-12-8-5-9-13-26)28(34)31(20-33,42-30)21-38-18-25-10-6-4-7-11-25/h4-17,23,28-30,33-35H,18-22H2,1-3H3/t28-,29-,30+,31-,32+/m0/s1. The van der Waals surface area contributed by atoms with Crippen LogP contribution in [0.15, 0.2) is 89.8 Å². The summed E-state index contributed by atoms with van der Waals surface area (Å²) in [5, 5.41) is 34.4. The minimum absolute atomic E-state index is 0.0592. The van der Waals surface area contributed by atoms with Gasteiger partial charge in [-0.2, -0.15) is 8.42 Å². The number of hydrogen-bond donors (Lipinski definition) is 3. The average Bonchev–Trinajstić information content (AvgIpc) is 2.99. The van der Waals surface area contributed by atoms with Crippen molar-refractivity contribution in [2.24, 2.45) is 0 Å². The van der Waals surface area contributed by atoms with Crippen molar-refractivity contribution in [1.29, 1.82) is 0 Å². The van der Waals surface area contributed by atoms with Gasteiger partial charge in [0.2, 0.25) is 0 Å². The fourth-order valence-electron chi connectivity index (χ4n) is 4.76. The fourth-order valence-corrected chi connectivity index (χ4v) is 5.71. The minimum atomic E-state index is -4.34. The van der Waals surface area contributed by atoms with Gasteiger partial charge in [0, 0.05) is 0 Å². The van der Waals surface area contributed by atoms with Crippen molar-refractivity contribution in [2.75, 3.05) is 19.8 Å². The maximum Gasteiger partial charge on any atom is 0.297 e. The smallest absolute Gasteiger partial charge is 0.297 e. The minimum Gasteiger partial charge on any atom is -0.393 e. The highest BCUT2D eigenvalue weighted by molar-refractivity contribution is 7.86. The Morgan fingerprint density at radius 1 is 0.884 bits per heavy atom. The molecule has 43 heavy (non-hydrogen) atoms. The van der Waals surface area contributed by atoms with Crippen molar-refractivity contribution in [3.63, 3.8) is 0 Å². The molecule has 0 aromatic heterocycles. The first kappa shape index (κ1) is 33.2. The highest BCUT2D eigenvalue weighted by Gasteiger charge is 2.63. The predicted molar refractivity (Wildman–Crippen MR) is 157 cm³/mol. The molecule has 1 aliphatic heterocycles. The third kappa shape index (κ3) is 8.07. The van der Waals surface area contributed by atoms with E-state index in [9.17, 15) is 23.7 Å². The Hall–Kier alpha value is -2.71. The summed E-state index contributed by atoms with van der Waals surface area (Å²) in [4.78, 5) is -0.110. The van der Waals surface area contributed by atoms with Gasteiger partial charge in [-0.3, -0.25) is 4.18 Å². The van der Waals surface area contributed by atoms with Crippen LogP contribution in [0.25, 0.3) is 0 Å². The molecule has 1 fully saturated rings. The molecule has 1 heterocycles. The topological polar surface area (TPSA) is 141 Å². The van der Waals surface area contributed by atoms with Gasteiger partial charge in [-0.25, -0.2) is 0 Å². The molecule has 234 valence electrons. The molecule has 1 aliphatic rings. The van der Waals surface area contributed by atoms with Crippen LogP contribution in [0.3, 0.4) is 0 Å². The molecule has 11 heteroatoms. The Morgan fingerprint density at radius 2 is 1.47 bits per heavy atom. The van der Waals surface area contributed by atoms with E-state index in [0.717, 1.165) is 16.7 Å². The van der Waals surface area contributed by atoms with Crippen LogP contribution in [0.5, 0.6) is 0 Å². The predicted octanol–water partition coefficient (Wildman–Crippen LogP) is 3.11. The maximum atomic E-state index is 13.1. The first-order valence-corrected chi connectivity index (χ1v) is 15.5. The van der Waals surface area contributed by atoms with Crippen molar-refractivity contribution in [3.05, 3.63) is 102 Å². The number of benzene rings is 3. The number of ether oxygens (including phenoxy) is 4. The zero-order valence-electron chi connectivity index (χ0n) is 24.5. The summed E-state index contributed by atoms with van der Waals surface area (Å²) in [5.74, 6) is 0. The monoisotopic (exact) mass is 616 g/mol. The molecule has 10 nitrogen and oxygen atoms in total. The summed E-state index contributed by atoms with van der Waals surface area (Å²) in [6.07, 6.45) is -5.33. The molecule has 4 rings (SSSR count). The molecule has 0 aliphatic carbocycles. The maximum absolute atomic E-state index is 13.1. The lowest BCUT2D eigenvalue weighted by Gasteiger charge is -2.54. The van der Waals surface area contributed by atoms with E-state index in [1.54, 1.807) is 38.1 Å². The molecule has 0 spiro atoms. The zero-order valence-corrected chi connectivity index (χ0v) is 25.4. The average molecular weight is 617 g/mol. The molecule has 1 saturated heterocycles. The SMILES string of the molecule is Cc1ccc(S(=O)(=O)OC[C@]2(O)[C@H](OC(C)C)O[C@@](CO)(COCc3ccccc3)[C@@H](O)[C@@H]2OCc2ccccc2)cc1. The lowest BCUT2D eigenvalue weighted by Crippen LogP contribution is -2.75. The summed E-state index contributed by atoms with van der Waals surface area (Å²) in [7, 11) is -4.34. The van der Waals surface area contributed by atoms with Gasteiger partial charge in [-0.1, -0.05) is 78.4 Å². The Balaban J connectivity index is 1.66. The number of hydrogen-bond acceptors (Lipinski definition) is 10. The molecule has 5 atom stereocenters. The second-order valence-electron chi connectivity index (χ2n) is 11.0. The van der Waals surface area contributed by atoms with Gasteiger partial charge in [-0.05, 0) is 44.0 Å². The van der Waals surface area contributed by atoms with E-state index in [4.69, 9.17) is 23.1 Å². The molecule has 3 aromatic rings. The van der Waals surface area contributed by atoms with Crippen LogP contribution in [-0.4, -0.2) is 79.4 Å². The zero-order chi connectivity index (χ0) is 31.1. The quantitative estimate of drug-likeness (QED) is 0.232. The van der Waals surface area contributed by atoms with Crippen molar-refractivity contribution >= 4 is 10.1 Å². The number of rotatable bonds is 14. The summed E-state index contributed by atoms with van der Waals surface area (Å²) >= 11 is 0. The van der Waals surface area contributed by atoms with Crippen molar-refractivity contribution in [2.45, 2.75) is 74.7 Å². The van der Waals surface area contributed by atoms with Crippen LogP contribution in [-0.2, 0) is 46.5 Å². The van der Waals surface area contributed by atoms with Gasteiger partial charge >= 0.3 is 0 Å². The van der Waals surface area contributed by atoms with Gasteiger partial charge in [0.1, 0.15) is 24.4 Å². The summed E-state index contributed by atoms with van der Waals surface area (Å²) in [6, 6.07) is 24.4. The molecule has 0 unspecified atom stereocenters. The molecular formula is C32H40O10S. The third-order valence-electron chi connectivity index (χ3n) is 7.22. The van der Waals surface area contributed by atoms with E-state index in [0.29, 0.717) is 0 Å². The number of aliphatic hydroxyl groups is 3. The van der Waals surface area contributed by atoms with Gasteiger partial charge in [0.15, 0.2) is 11.9 Å². The Bertz CT molecular complexity index is 1380. The molecule has 0 saturated carbocycles. The van der Waals surface area contributed by atoms with Crippen LogP contribution in [0.4, 0.5) is 0 Å². The lowest BCUT2D eigenvalue weighted by atomic mass is 9.80. The van der Waals surface area contributed by atoms with E-state index < -0.39 is 59.1 Å². The largest absolute Gasteiger partial charge is 0.393 e. The second kappa shape index (κ2) is 14.4. The molecule has 3 aromatic carbocycles. The summed E-state index contributed by atoms with van der Waals surface area (Å²) < 4.78 is 55.6. The highest BCUT2D eigenvalue weighted by atomic mass is 32.2. The Kier molecular flexibility index (Phi) is 11.1. The van der Waals surface area contributed by atoms with Gasteiger partial charge in [0.25, 0.3) is 10.1 Å². The van der Waals surface area contributed by atoms with Crippen LogP contribution in [0, 0.1) is 6.92 Å². The summed E-state index contributed by atoms with van der Waals surface area (Å²) in [6.45, 7) is 3.44. The molecule has 3 N–H and O–H groups in total. The van der Waals surface area contributed by atoms with E-state index in [-0.39, 0.29) is 24.7 Å². The van der Waals surface area contributed by atoms with Crippen LogP contribution in [0.1, 0.15) is 30.5 Å². The summed E-state index contributed by atoms with van der Waals surface area (Å²) in [5.41, 5.74) is -1.69. The first-order valence-electron chi connectivity index (χ1n) is 14.1. The Labute approximate surface area is 252 Å². The second-order valence-corrected chi connectivity index (χ2v) is 12.6. The number of aliphatic hydroxyl groups excluding tert-OH is 2. The van der Waals surface area contributed by atoms with E-state index >= 15 is 0 Å². The van der Waals surface area contributed by atoms with E-state index in [1.165, 1.54) is 12.1 Å².